The number of nitrogens with zero attached hydrogens (tertiary/aromatic N) is 1. The lowest BCUT2D eigenvalue weighted by molar-refractivity contribution is -0.386. The summed E-state index contributed by atoms with van der Waals surface area (Å²) in [5.74, 6) is 0.546. The van der Waals surface area contributed by atoms with Crippen molar-refractivity contribution in [3.05, 3.63) is 148 Å². The fourth-order valence-electron chi connectivity index (χ4n) is 5.17. The van der Waals surface area contributed by atoms with E-state index in [1.165, 1.54) is 12.1 Å². The summed E-state index contributed by atoms with van der Waals surface area (Å²) in [5.41, 5.74) is 3.47. The van der Waals surface area contributed by atoms with E-state index in [1.807, 2.05) is 103 Å². The molecule has 8 nitrogen and oxygen atoms in total. The molecule has 1 aromatic heterocycles. The number of benzene rings is 5. The van der Waals surface area contributed by atoms with Crippen molar-refractivity contribution in [3.8, 4) is 11.5 Å². The summed E-state index contributed by atoms with van der Waals surface area (Å²) < 4.78 is 17.8. The van der Waals surface area contributed by atoms with Crippen LogP contribution in [0, 0.1) is 10.1 Å². The summed E-state index contributed by atoms with van der Waals surface area (Å²) in [4.78, 5) is 24.4. The maximum absolute atomic E-state index is 13.2. The highest BCUT2D eigenvalue weighted by molar-refractivity contribution is 6.05. The summed E-state index contributed by atoms with van der Waals surface area (Å²) in [6, 6.07) is 37.1. The molecule has 0 saturated heterocycles. The van der Waals surface area contributed by atoms with E-state index >= 15 is 0 Å². The summed E-state index contributed by atoms with van der Waals surface area (Å²) >= 11 is 0. The fraction of sp³-hybridized carbons (Fsp3) is 0.139. The first-order valence-corrected chi connectivity index (χ1v) is 14.4. The number of rotatable bonds is 13. The number of Topliss-reactive ketones (excluding diaryl/α,β-unsaturated/α-hetero) is 1. The Hall–Kier alpha value is -5.47. The van der Waals surface area contributed by atoms with Gasteiger partial charge in [-0.15, -0.1) is 0 Å². The second kappa shape index (κ2) is 13.2. The molecule has 1 atom stereocenters. The number of fused-ring (bicyclic) bond motifs is 3. The molecule has 0 spiro atoms. The van der Waals surface area contributed by atoms with Crippen molar-refractivity contribution in [1.29, 1.82) is 0 Å². The molecule has 1 unspecified atom stereocenters. The number of furan rings is 1. The summed E-state index contributed by atoms with van der Waals surface area (Å²) in [6.07, 6.45) is 0.585. The maximum Gasteiger partial charge on any atom is 0.311 e. The second-order valence-corrected chi connectivity index (χ2v) is 10.4. The molecule has 0 bridgehead atoms. The number of carbonyl (C=O) groups excluding carboxylic acids is 1. The molecule has 1 N–H and O–H groups in total. The highest BCUT2D eigenvalue weighted by atomic mass is 16.6. The van der Waals surface area contributed by atoms with Crippen LogP contribution >= 0.6 is 0 Å². The lowest BCUT2D eigenvalue weighted by Crippen LogP contribution is -2.29. The molecular formula is C36H30N2O6. The first-order chi connectivity index (χ1) is 21.5. The first-order valence-electron chi connectivity index (χ1n) is 14.4. The molecule has 0 radical (unpaired) electrons. The Labute approximate surface area is 254 Å². The molecule has 1 heterocycles. The lowest BCUT2D eigenvalue weighted by Gasteiger charge is -2.19. The smallest absolute Gasteiger partial charge is 0.311 e. The average molecular weight is 587 g/mol. The highest BCUT2D eigenvalue weighted by Crippen LogP contribution is 2.32. The molecule has 6 aromatic rings. The van der Waals surface area contributed by atoms with Gasteiger partial charge in [0.25, 0.3) is 0 Å². The summed E-state index contributed by atoms with van der Waals surface area (Å²) in [7, 11) is 0. The Kier molecular flexibility index (Phi) is 8.61. The number of nitrogens with one attached hydrogen (secondary N) is 1. The minimum Gasteiger partial charge on any atom is -0.493 e. The molecule has 5 aromatic carbocycles. The van der Waals surface area contributed by atoms with Crippen LogP contribution in [0.5, 0.6) is 11.5 Å². The number of nitro groups is 1. The zero-order valence-electron chi connectivity index (χ0n) is 23.8. The van der Waals surface area contributed by atoms with Gasteiger partial charge >= 0.3 is 5.69 Å². The number of hydrogen-bond acceptors (Lipinski definition) is 7. The number of ether oxygens (including phenoxy) is 2. The van der Waals surface area contributed by atoms with Crippen molar-refractivity contribution < 1.29 is 23.6 Å². The van der Waals surface area contributed by atoms with Gasteiger partial charge in [-0.3, -0.25) is 14.9 Å². The molecule has 0 fully saturated rings. The lowest BCUT2D eigenvalue weighted by atomic mass is 10.0. The van der Waals surface area contributed by atoms with E-state index < -0.39 is 4.92 Å². The SMILES string of the molecule is O=C(CNC(CCOc1ccc2c(c1)oc1ccccc12)c1ccccc1)c1ccc(OCc2ccccc2)c([N+](=O)[O-])c1. The van der Waals surface area contributed by atoms with Crippen LogP contribution in [0.1, 0.15) is 33.9 Å². The molecular weight excluding hydrogens is 556 g/mol. The Bertz CT molecular complexity index is 1900. The van der Waals surface area contributed by atoms with Crippen LogP contribution in [0.25, 0.3) is 21.9 Å². The van der Waals surface area contributed by atoms with Crippen LogP contribution in [-0.4, -0.2) is 23.9 Å². The molecule has 0 aliphatic carbocycles. The van der Waals surface area contributed by atoms with E-state index in [-0.39, 0.29) is 42.0 Å². The van der Waals surface area contributed by atoms with Crippen molar-refractivity contribution in [2.75, 3.05) is 13.2 Å². The van der Waals surface area contributed by atoms with Gasteiger partial charge in [-0.05, 0) is 41.5 Å². The van der Waals surface area contributed by atoms with E-state index in [4.69, 9.17) is 13.9 Å². The van der Waals surface area contributed by atoms with Gasteiger partial charge in [0.1, 0.15) is 23.5 Å². The van der Waals surface area contributed by atoms with Crippen molar-refractivity contribution in [2.45, 2.75) is 19.1 Å². The number of para-hydroxylation sites is 1. The summed E-state index contributed by atoms with van der Waals surface area (Å²) in [5, 5.41) is 17.2. The third kappa shape index (κ3) is 6.61. The minimum absolute atomic E-state index is 0.00806. The van der Waals surface area contributed by atoms with Crippen LogP contribution in [0.15, 0.2) is 126 Å². The monoisotopic (exact) mass is 586 g/mol. The van der Waals surface area contributed by atoms with Crippen LogP contribution in [0.2, 0.25) is 0 Å². The predicted molar refractivity (Wildman–Crippen MR) is 169 cm³/mol. The largest absolute Gasteiger partial charge is 0.493 e. The van der Waals surface area contributed by atoms with E-state index in [0.717, 1.165) is 33.1 Å². The topological polar surface area (TPSA) is 104 Å². The molecule has 44 heavy (non-hydrogen) atoms. The van der Waals surface area contributed by atoms with Gasteiger partial charge < -0.3 is 19.2 Å². The number of ketones is 1. The number of hydrogen-bond donors (Lipinski definition) is 1. The molecule has 220 valence electrons. The Morgan fingerprint density at radius 3 is 2.32 bits per heavy atom. The van der Waals surface area contributed by atoms with Gasteiger partial charge in [-0.1, -0.05) is 78.9 Å². The van der Waals surface area contributed by atoms with E-state index in [0.29, 0.717) is 18.8 Å². The zero-order valence-corrected chi connectivity index (χ0v) is 23.8. The van der Waals surface area contributed by atoms with Crippen molar-refractivity contribution in [2.24, 2.45) is 0 Å². The van der Waals surface area contributed by atoms with Gasteiger partial charge in [0.15, 0.2) is 11.5 Å². The van der Waals surface area contributed by atoms with Crippen molar-refractivity contribution in [3.63, 3.8) is 0 Å². The second-order valence-electron chi connectivity index (χ2n) is 10.4. The van der Waals surface area contributed by atoms with Gasteiger partial charge in [0, 0.05) is 40.9 Å². The van der Waals surface area contributed by atoms with Gasteiger partial charge in [-0.2, -0.15) is 0 Å². The third-order valence-electron chi connectivity index (χ3n) is 7.45. The first kappa shape index (κ1) is 28.6. The normalized spacial score (nSPS) is 11.8. The van der Waals surface area contributed by atoms with Crippen LogP contribution < -0.4 is 14.8 Å². The quantitative estimate of drug-likeness (QED) is 0.0829. The van der Waals surface area contributed by atoms with Gasteiger partial charge in [0.05, 0.1) is 18.1 Å². The van der Waals surface area contributed by atoms with Crippen LogP contribution in [-0.2, 0) is 6.61 Å². The number of nitro benzene ring substituents is 1. The Morgan fingerprint density at radius 1 is 0.795 bits per heavy atom. The number of carbonyl (C=O) groups is 1. The standard InChI is InChI=1S/C36H30N2O6/c39-33(27-15-18-35(32(21-27)38(40)41)43-24-25-9-3-1-4-10-25)23-37-31(26-11-5-2-6-12-26)19-20-42-28-16-17-30-29-13-7-8-14-34(29)44-36(30)22-28/h1-18,21-22,31,37H,19-20,23-24H2. The molecule has 0 amide bonds. The average Bonchev–Trinajstić information content (AvgIpc) is 3.44. The molecule has 8 heteroatoms. The van der Waals surface area contributed by atoms with E-state index in [9.17, 15) is 14.9 Å². The van der Waals surface area contributed by atoms with Gasteiger partial charge in [-0.25, -0.2) is 0 Å². The molecule has 6 rings (SSSR count). The molecule has 0 aliphatic heterocycles. The molecule has 0 saturated carbocycles. The van der Waals surface area contributed by atoms with Gasteiger partial charge in [0.2, 0.25) is 0 Å². The molecule has 0 aliphatic rings. The third-order valence-corrected chi connectivity index (χ3v) is 7.45. The fourth-order valence-corrected chi connectivity index (χ4v) is 5.17. The highest BCUT2D eigenvalue weighted by Gasteiger charge is 2.20. The van der Waals surface area contributed by atoms with Crippen LogP contribution in [0.4, 0.5) is 5.69 Å². The van der Waals surface area contributed by atoms with Crippen molar-refractivity contribution >= 4 is 33.4 Å². The predicted octanol–water partition coefficient (Wildman–Crippen LogP) is 8.06. The summed E-state index contributed by atoms with van der Waals surface area (Å²) in [6.45, 7) is 0.570. The van der Waals surface area contributed by atoms with Crippen LogP contribution in [0.3, 0.4) is 0 Å². The van der Waals surface area contributed by atoms with E-state index in [2.05, 4.69) is 5.32 Å². The Morgan fingerprint density at radius 2 is 1.52 bits per heavy atom. The zero-order chi connectivity index (χ0) is 30.3. The van der Waals surface area contributed by atoms with E-state index in [1.54, 1.807) is 6.07 Å². The van der Waals surface area contributed by atoms with Crippen molar-refractivity contribution in [1.82, 2.24) is 5.32 Å². The Balaban J connectivity index is 1.10. The maximum atomic E-state index is 13.2. The minimum atomic E-state index is -0.530.